The monoisotopic (exact) mass is 409 g/mol. The van der Waals surface area contributed by atoms with Gasteiger partial charge in [-0.05, 0) is 61.4 Å². The number of carbonyl (C=O) groups is 2. The molecular formula is C24H31N3O3. The van der Waals surface area contributed by atoms with Gasteiger partial charge in [0.15, 0.2) is 0 Å². The van der Waals surface area contributed by atoms with Crippen LogP contribution in [-0.4, -0.2) is 41.6 Å². The smallest absolute Gasteiger partial charge is 0.319 e. The van der Waals surface area contributed by atoms with Crippen molar-refractivity contribution in [3.05, 3.63) is 59.2 Å². The van der Waals surface area contributed by atoms with Crippen molar-refractivity contribution in [3.8, 4) is 5.75 Å². The summed E-state index contributed by atoms with van der Waals surface area (Å²) in [5.74, 6) is 0.348. The van der Waals surface area contributed by atoms with E-state index in [1.807, 2.05) is 51.1 Å². The second-order valence-electron chi connectivity index (χ2n) is 8.39. The fourth-order valence-electron chi connectivity index (χ4n) is 3.72. The Labute approximate surface area is 178 Å². The van der Waals surface area contributed by atoms with Crippen LogP contribution in [0.25, 0.3) is 0 Å². The van der Waals surface area contributed by atoms with E-state index < -0.39 is 0 Å². The van der Waals surface area contributed by atoms with Gasteiger partial charge in [-0.2, -0.15) is 0 Å². The summed E-state index contributed by atoms with van der Waals surface area (Å²) in [7, 11) is 0. The zero-order valence-corrected chi connectivity index (χ0v) is 17.9. The predicted octanol–water partition coefficient (Wildman–Crippen LogP) is 4.50. The summed E-state index contributed by atoms with van der Waals surface area (Å²) >= 11 is 0. The van der Waals surface area contributed by atoms with Crippen LogP contribution < -0.4 is 10.6 Å². The molecule has 1 aliphatic rings. The lowest BCUT2D eigenvalue weighted by Crippen LogP contribution is -2.44. The minimum Gasteiger partial charge on any atom is -0.507 e. The second kappa shape index (κ2) is 9.65. The van der Waals surface area contributed by atoms with E-state index in [4.69, 9.17) is 0 Å². The average Bonchev–Trinajstić information content (AvgIpc) is 2.73. The minimum atomic E-state index is -0.246. The van der Waals surface area contributed by atoms with Gasteiger partial charge in [0.2, 0.25) is 0 Å². The largest absolute Gasteiger partial charge is 0.507 e. The van der Waals surface area contributed by atoms with Crippen molar-refractivity contribution in [3.63, 3.8) is 0 Å². The number of phenols is 1. The SMILES string of the molecule is Cc1ccc(NC(=O)NCC2CCCN(C(=O)c3ccc(C(C)C)cc3O)C2)cc1. The Morgan fingerprint density at radius 1 is 1.17 bits per heavy atom. The Balaban J connectivity index is 1.54. The molecule has 0 radical (unpaired) electrons. The van der Waals surface area contributed by atoms with Crippen molar-refractivity contribution in [2.24, 2.45) is 5.92 Å². The van der Waals surface area contributed by atoms with Crippen molar-refractivity contribution in [2.45, 2.75) is 39.5 Å². The molecule has 3 N–H and O–H groups in total. The fourth-order valence-corrected chi connectivity index (χ4v) is 3.72. The highest BCUT2D eigenvalue weighted by molar-refractivity contribution is 5.97. The molecule has 0 aliphatic carbocycles. The Morgan fingerprint density at radius 3 is 2.57 bits per heavy atom. The first-order valence-corrected chi connectivity index (χ1v) is 10.6. The predicted molar refractivity (Wildman–Crippen MR) is 119 cm³/mol. The van der Waals surface area contributed by atoms with Gasteiger partial charge in [-0.25, -0.2) is 4.79 Å². The van der Waals surface area contributed by atoms with E-state index in [1.54, 1.807) is 17.0 Å². The quantitative estimate of drug-likeness (QED) is 0.680. The van der Waals surface area contributed by atoms with E-state index in [0.29, 0.717) is 25.2 Å². The molecule has 30 heavy (non-hydrogen) atoms. The van der Waals surface area contributed by atoms with Gasteiger partial charge in [0.25, 0.3) is 5.91 Å². The van der Waals surface area contributed by atoms with Crippen LogP contribution in [0, 0.1) is 12.8 Å². The van der Waals surface area contributed by atoms with Crippen LogP contribution in [0.15, 0.2) is 42.5 Å². The first-order valence-electron chi connectivity index (χ1n) is 10.6. The van der Waals surface area contributed by atoms with Gasteiger partial charge in [0.05, 0.1) is 5.56 Å². The number of nitrogens with one attached hydrogen (secondary N) is 2. The molecule has 160 valence electrons. The molecule has 1 unspecified atom stereocenters. The van der Waals surface area contributed by atoms with Gasteiger partial charge in [0.1, 0.15) is 5.75 Å². The lowest BCUT2D eigenvalue weighted by atomic mass is 9.96. The van der Waals surface area contributed by atoms with Crippen molar-refractivity contribution >= 4 is 17.6 Å². The third kappa shape index (κ3) is 5.53. The number of rotatable bonds is 5. The molecule has 0 spiro atoms. The highest BCUT2D eigenvalue weighted by Gasteiger charge is 2.26. The van der Waals surface area contributed by atoms with E-state index in [0.717, 1.165) is 29.7 Å². The van der Waals surface area contributed by atoms with Crippen molar-refractivity contribution < 1.29 is 14.7 Å². The number of carbonyl (C=O) groups excluding carboxylic acids is 2. The number of aryl methyl sites for hydroxylation is 1. The number of piperidine rings is 1. The number of hydrogen-bond donors (Lipinski definition) is 3. The van der Waals surface area contributed by atoms with Crippen LogP contribution >= 0.6 is 0 Å². The lowest BCUT2D eigenvalue weighted by Gasteiger charge is -2.33. The van der Waals surface area contributed by atoms with Gasteiger partial charge in [-0.15, -0.1) is 0 Å². The summed E-state index contributed by atoms with van der Waals surface area (Å²) in [6.45, 7) is 7.82. The molecule has 1 heterocycles. The molecule has 6 heteroatoms. The highest BCUT2D eigenvalue weighted by atomic mass is 16.3. The molecule has 1 fully saturated rings. The van der Waals surface area contributed by atoms with Gasteiger partial charge in [0, 0.05) is 25.3 Å². The maximum atomic E-state index is 12.9. The molecule has 1 aliphatic heterocycles. The Kier molecular flexibility index (Phi) is 6.98. The lowest BCUT2D eigenvalue weighted by molar-refractivity contribution is 0.0672. The highest BCUT2D eigenvalue weighted by Crippen LogP contribution is 2.26. The third-order valence-corrected chi connectivity index (χ3v) is 5.59. The summed E-state index contributed by atoms with van der Waals surface area (Å²) in [4.78, 5) is 26.9. The number of aromatic hydroxyl groups is 1. The normalized spacial score (nSPS) is 16.4. The molecule has 1 atom stereocenters. The van der Waals surface area contributed by atoms with E-state index in [1.165, 1.54) is 0 Å². The Morgan fingerprint density at radius 2 is 1.90 bits per heavy atom. The number of anilines is 1. The molecule has 0 bridgehead atoms. The first kappa shape index (κ1) is 21.7. The molecule has 0 aromatic heterocycles. The van der Waals surface area contributed by atoms with Crippen LogP contribution in [0.3, 0.4) is 0 Å². The summed E-state index contributed by atoms with van der Waals surface area (Å²) in [6.07, 6.45) is 1.83. The molecule has 0 saturated carbocycles. The topological polar surface area (TPSA) is 81.7 Å². The summed E-state index contributed by atoms with van der Waals surface area (Å²) in [5, 5.41) is 16.1. The van der Waals surface area contributed by atoms with Crippen molar-refractivity contribution in [2.75, 3.05) is 25.0 Å². The number of likely N-dealkylation sites (tertiary alicyclic amines) is 1. The Hall–Kier alpha value is -3.02. The van der Waals surface area contributed by atoms with E-state index in [2.05, 4.69) is 10.6 Å². The number of amides is 3. The zero-order valence-electron chi connectivity index (χ0n) is 17.9. The molecule has 3 rings (SSSR count). The van der Waals surface area contributed by atoms with Gasteiger partial charge in [-0.3, -0.25) is 4.79 Å². The number of phenolic OH excluding ortho intramolecular Hbond substituents is 1. The van der Waals surface area contributed by atoms with E-state index >= 15 is 0 Å². The molecule has 2 aromatic carbocycles. The number of nitrogens with zero attached hydrogens (tertiary/aromatic N) is 1. The van der Waals surface area contributed by atoms with E-state index in [-0.39, 0.29) is 29.5 Å². The average molecular weight is 410 g/mol. The number of hydrogen-bond acceptors (Lipinski definition) is 3. The van der Waals surface area contributed by atoms with Gasteiger partial charge in [-0.1, -0.05) is 37.6 Å². The minimum absolute atomic E-state index is 0.0314. The van der Waals surface area contributed by atoms with E-state index in [9.17, 15) is 14.7 Å². The standard InChI is InChI=1S/C24H31N3O3/c1-16(2)19-8-11-21(22(28)13-19)23(29)27-12-4-5-18(15-27)14-25-24(30)26-20-9-6-17(3)7-10-20/h6-11,13,16,18,28H,4-5,12,14-15H2,1-3H3,(H2,25,26,30). The molecule has 2 aromatic rings. The molecule has 3 amide bonds. The van der Waals surface area contributed by atoms with Crippen LogP contribution in [0.1, 0.15) is 54.1 Å². The first-order chi connectivity index (χ1) is 14.3. The fraction of sp³-hybridized carbons (Fsp3) is 0.417. The van der Waals surface area contributed by atoms with Gasteiger partial charge < -0.3 is 20.6 Å². The maximum absolute atomic E-state index is 12.9. The summed E-state index contributed by atoms with van der Waals surface area (Å²) in [5.41, 5.74) is 3.23. The van der Waals surface area contributed by atoms with Crippen LogP contribution in [-0.2, 0) is 0 Å². The van der Waals surface area contributed by atoms with Gasteiger partial charge >= 0.3 is 6.03 Å². The molecular weight excluding hydrogens is 378 g/mol. The van der Waals surface area contributed by atoms with Crippen LogP contribution in [0.4, 0.5) is 10.5 Å². The van der Waals surface area contributed by atoms with Crippen LogP contribution in [0.2, 0.25) is 0 Å². The molecule has 1 saturated heterocycles. The number of urea groups is 1. The Bertz CT molecular complexity index is 893. The van der Waals surface area contributed by atoms with Crippen LogP contribution in [0.5, 0.6) is 5.75 Å². The summed E-state index contributed by atoms with van der Waals surface area (Å²) < 4.78 is 0. The molecule has 6 nitrogen and oxygen atoms in total. The summed E-state index contributed by atoms with van der Waals surface area (Å²) in [6, 6.07) is 12.7. The van der Waals surface area contributed by atoms with Crippen molar-refractivity contribution in [1.82, 2.24) is 10.2 Å². The maximum Gasteiger partial charge on any atom is 0.319 e. The van der Waals surface area contributed by atoms with Crippen molar-refractivity contribution in [1.29, 1.82) is 0 Å². The second-order valence-corrected chi connectivity index (χ2v) is 8.39. The third-order valence-electron chi connectivity index (χ3n) is 5.59. The number of benzene rings is 2. The zero-order chi connectivity index (χ0) is 21.7.